The molecule has 7 heteroatoms. The Labute approximate surface area is 107 Å². The van der Waals surface area contributed by atoms with Crippen molar-refractivity contribution < 1.29 is 14.7 Å². The normalized spacial score (nSPS) is 18.3. The fourth-order valence-electron chi connectivity index (χ4n) is 1.56. The van der Waals surface area contributed by atoms with Crippen LogP contribution in [0.15, 0.2) is 5.16 Å². The summed E-state index contributed by atoms with van der Waals surface area (Å²) in [5, 5.41) is 14.6. The molecule has 0 aromatic rings. The standard InChI is InChI=1S/C11H22N4O3/c1-9(3-6-14(2)11(16)17)18-13-10-4-7-15(12)8-5-10/h9H,3-8,12H2,1-2H3,(H,16,17). The number of carboxylic acid groups (broad SMARTS) is 1. The van der Waals surface area contributed by atoms with Crippen LogP contribution in [-0.4, -0.2) is 59.6 Å². The molecule has 0 radical (unpaired) electrons. The summed E-state index contributed by atoms with van der Waals surface area (Å²) in [6.07, 6.45) is 1.28. The van der Waals surface area contributed by atoms with Gasteiger partial charge in [0.1, 0.15) is 6.10 Å². The summed E-state index contributed by atoms with van der Waals surface area (Å²) in [5.41, 5.74) is 1.02. The number of hydrazine groups is 1. The zero-order valence-electron chi connectivity index (χ0n) is 11.0. The molecule has 18 heavy (non-hydrogen) atoms. The highest BCUT2D eigenvalue weighted by atomic mass is 16.6. The maximum Gasteiger partial charge on any atom is 0.407 e. The Kier molecular flexibility index (Phi) is 5.87. The Morgan fingerprint density at radius 2 is 2.22 bits per heavy atom. The molecule has 1 unspecified atom stereocenters. The number of oxime groups is 1. The van der Waals surface area contributed by atoms with E-state index in [0.29, 0.717) is 13.0 Å². The van der Waals surface area contributed by atoms with Gasteiger partial charge < -0.3 is 14.8 Å². The average Bonchev–Trinajstić information content (AvgIpc) is 2.35. The van der Waals surface area contributed by atoms with Crippen molar-refractivity contribution in [2.45, 2.75) is 32.3 Å². The second kappa shape index (κ2) is 7.17. The number of amides is 1. The van der Waals surface area contributed by atoms with Crippen LogP contribution in [0.2, 0.25) is 0 Å². The van der Waals surface area contributed by atoms with Crippen LogP contribution >= 0.6 is 0 Å². The largest absolute Gasteiger partial charge is 0.465 e. The van der Waals surface area contributed by atoms with E-state index < -0.39 is 6.09 Å². The van der Waals surface area contributed by atoms with Crippen LogP contribution in [0.25, 0.3) is 0 Å². The minimum Gasteiger partial charge on any atom is -0.465 e. The van der Waals surface area contributed by atoms with E-state index in [2.05, 4.69) is 5.16 Å². The van der Waals surface area contributed by atoms with Gasteiger partial charge in [0.15, 0.2) is 0 Å². The third-order valence-electron chi connectivity index (χ3n) is 2.93. The number of hydrogen-bond acceptors (Lipinski definition) is 5. The lowest BCUT2D eigenvalue weighted by molar-refractivity contribution is 0.0577. The quantitative estimate of drug-likeness (QED) is 0.560. The van der Waals surface area contributed by atoms with Crippen molar-refractivity contribution in [3.63, 3.8) is 0 Å². The molecule has 0 spiro atoms. The molecular formula is C11H22N4O3. The van der Waals surface area contributed by atoms with E-state index in [0.717, 1.165) is 31.6 Å². The van der Waals surface area contributed by atoms with E-state index >= 15 is 0 Å². The highest BCUT2D eigenvalue weighted by Gasteiger charge is 2.13. The Bertz CT molecular complexity index is 299. The summed E-state index contributed by atoms with van der Waals surface area (Å²) in [6.45, 7) is 3.94. The van der Waals surface area contributed by atoms with Crippen molar-refractivity contribution in [2.75, 3.05) is 26.7 Å². The molecule has 1 amide bonds. The molecule has 1 heterocycles. The summed E-state index contributed by atoms with van der Waals surface area (Å²) in [5.74, 6) is 5.64. The van der Waals surface area contributed by atoms with Crippen molar-refractivity contribution in [3.8, 4) is 0 Å². The zero-order valence-corrected chi connectivity index (χ0v) is 11.0. The monoisotopic (exact) mass is 258 g/mol. The smallest absolute Gasteiger partial charge is 0.407 e. The number of piperidine rings is 1. The van der Waals surface area contributed by atoms with Gasteiger partial charge in [-0.05, 0) is 6.92 Å². The number of hydrogen-bond donors (Lipinski definition) is 2. The lowest BCUT2D eigenvalue weighted by Gasteiger charge is -2.22. The molecule has 1 aliphatic rings. The van der Waals surface area contributed by atoms with Gasteiger partial charge in [0, 0.05) is 45.9 Å². The average molecular weight is 258 g/mol. The third-order valence-corrected chi connectivity index (χ3v) is 2.93. The van der Waals surface area contributed by atoms with E-state index in [1.54, 1.807) is 5.01 Å². The molecular weight excluding hydrogens is 236 g/mol. The SMILES string of the molecule is CC(CCN(C)C(=O)O)ON=C1CCN(N)CC1. The first kappa shape index (κ1) is 14.7. The van der Waals surface area contributed by atoms with Gasteiger partial charge in [-0.3, -0.25) is 5.84 Å². The lowest BCUT2D eigenvalue weighted by atomic mass is 10.1. The molecule has 1 fully saturated rings. The second-order valence-electron chi connectivity index (χ2n) is 4.60. The van der Waals surface area contributed by atoms with Gasteiger partial charge in [-0.25, -0.2) is 9.80 Å². The molecule has 7 nitrogen and oxygen atoms in total. The van der Waals surface area contributed by atoms with E-state index in [1.165, 1.54) is 11.9 Å². The first-order valence-electron chi connectivity index (χ1n) is 6.14. The number of nitrogens with zero attached hydrogens (tertiary/aromatic N) is 3. The summed E-state index contributed by atoms with van der Waals surface area (Å²) in [4.78, 5) is 17.2. The number of carbonyl (C=O) groups is 1. The van der Waals surface area contributed by atoms with Gasteiger partial charge in [-0.1, -0.05) is 5.16 Å². The van der Waals surface area contributed by atoms with Crippen LogP contribution in [-0.2, 0) is 4.84 Å². The molecule has 0 bridgehead atoms. The van der Waals surface area contributed by atoms with Gasteiger partial charge in [-0.15, -0.1) is 0 Å². The predicted molar refractivity (Wildman–Crippen MR) is 68.2 cm³/mol. The van der Waals surface area contributed by atoms with Crippen LogP contribution in [0.3, 0.4) is 0 Å². The minimum atomic E-state index is -0.927. The molecule has 1 atom stereocenters. The zero-order chi connectivity index (χ0) is 13.5. The highest BCUT2D eigenvalue weighted by Crippen LogP contribution is 2.06. The van der Waals surface area contributed by atoms with E-state index in [1.807, 2.05) is 6.92 Å². The Hall–Kier alpha value is -1.34. The topological polar surface area (TPSA) is 91.4 Å². The fourth-order valence-corrected chi connectivity index (χ4v) is 1.56. The van der Waals surface area contributed by atoms with Gasteiger partial charge in [0.2, 0.25) is 0 Å². The predicted octanol–water partition coefficient (Wildman–Crippen LogP) is 0.717. The van der Waals surface area contributed by atoms with Crippen molar-refractivity contribution in [2.24, 2.45) is 11.0 Å². The van der Waals surface area contributed by atoms with Crippen LogP contribution in [0.1, 0.15) is 26.2 Å². The first-order chi connectivity index (χ1) is 8.49. The molecule has 1 saturated heterocycles. The van der Waals surface area contributed by atoms with Crippen molar-refractivity contribution in [3.05, 3.63) is 0 Å². The van der Waals surface area contributed by atoms with Crippen molar-refractivity contribution in [1.82, 2.24) is 9.91 Å². The summed E-state index contributed by atoms with van der Waals surface area (Å²) < 4.78 is 0. The van der Waals surface area contributed by atoms with E-state index in [4.69, 9.17) is 15.8 Å². The summed E-state index contributed by atoms with van der Waals surface area (Å²) in [7, 11) is 1.54. The van der Waals surface area contributed by atoms with Gasteiger partial charge in [-0.2, -0.15) is 0 Å². The fraction of sp³-hybridized carbons (Fsp3) is 0.818. The van der Waals surface area contributed by atoms with Crippen molar-refractivity contribution in [1.29, 1.82) is 0 Å². The maximum atomic E-state index is 10.6. The van der Waals surface area contributed by atoms with Crippen LogP contribution < -0.4 is 5.84 Å². The Morgan fingerprint density at radius 1 is 1.61 bits per heavy atom. The Balaban J connectivity index is 2.22. The molecule has 1 aliphatic heterocycles. The summed E-state index contributed by atoms with van der Waals surface area (Å²) >= 11 is 0. The maximum absolute atomic E-state index is 10.6. The Morgan fingerprint density at radius 3 is 2.78 bits per heavy atom. The van der Waals surface area contributed by atoms with Crippen LogP contribution in [0, 0.1) is 0 Å². The van der Waals surface area contributed by atoms with Gasteiger partial charge in [0.05, 0.1) is 5.71 Å². The molecule has 1 rings (SSSR count). The molecule has 104 valence electrons. The number of rotatable bonds is 5. The van der Waals surface area contributed by atoms with Crippen molar-refractivity contribution >= 4 is 11.8 Å². The van der Waals surface area contributed by atoms with Crippen LogP contribution in [0.4, 0.5) is 4.79 Å². The van der Waals surface area contributed by atoms with E-state index in [-0.39, 0.29) is 6.10 Å². The van der Waals surface area contributed by atoms with Gasteiger partial charge in [0.25, 0.3) is 0 Å². The molecule has 3 N–H and O–H groups in total. The summed E-state index contributed by atoms with van der Waals surface area (Å²) in [6, 6.07) is 0. The molecule has 0 aromatic heterocycles. The minimum absolute atomic E-state index is 0.0878. The lowest BCUT2D eigenvalue weighted by Crippen LogP contribution is -2.39. The molecule has 0 aliphatic carbocycles. The third kappa shape index (κ3) is 5.33. The first-order valence-corrected chi connectivity index (χ1v) is 6.14. The highest BCUT2D eigenvalue weighted by molar-refractivity contribution is 5.84. The van der Waals surface area contributed by atoms with Gasteiger partial charge >= 0.3 is 6.09 Å². The second-order valence-corrected chi connectivity index (χ2v) is 4.60. The number of nitrogens with two attached hydrogens (primary N) is 1. The van der Waals surface area contributed by atoms with E-state index in [9.17, 15) is 4.79 Å². The molecule has 0 saturated carbocycles. The van der Waals surface area contributed by atoms with Crippen LogP contribution in [0.5, 0.6) is 0 Å². The molecule has 0 aromatic carbocycles.